The summed E-state index contributed by atoms with van der Waals surface area (Å²) in [6, 6.07) is 0.661. The third-order valence-corrected chi connectivity index (χ3v) is 4.88. The number of likely N-dealkylation sites (tertiary alicyclic amines) is 1. The third kappa shape index (κ3) is 6.13. The van der Waals surface area contributed by atoms with Gasteiger partial charge in [0.1, 0.15) is 0 Å². The first-order valence-electron chi connectivity index (χ1n) is 8.99. The largest absolute Gasteiger partial charge is 0.389 e. The number of aliphatic hydroxyl groups excluding tert-OH is 1. The number of hydrogen-bond donors (Lipinski definition) is 1. The highest BCUT2D eigenvalue weighted by molar-refractivity contribution is 4.83. The summed E-state index contributed by atoms with van der Waals surface area (Å²) in [5.41, 5.74) is 0. The van der Waals surface area contributed by atoms with Crippen LogP contribution in [-0.4, -0.2) is 97.5 Å². The number of piperazine rings is 1. The Kier molecular flexibility index (Phi) is 7.57. The highest BCUT2D eigenvalue weighted by atomic mass is 16.5. The summed E-state index contributed by atoms with van der Waals surface area (Å²) in [4.78, 5) is 7.53. The molecule has 0 saturated carbocycles. The summed E-state index contributed by atoms with van der Waals surface area (Å²) in [5.74, 6) is 0. The van der Waals surface area contributed by atoms with Crippen LogP contribution in [0.5, 0.6) is 0 Å². The molecule has 2 aliphatic heterocycles. The molecule has 5 nitrogen and oxygen atoms in total. The van der Waals surface area contributed by atoms with Crippen LogP contribution in [0.2, 0.25) is 0 Å². The van der Waals surface area contributed by atoms with Crippen molar-refractivity contribution in [2.24, 2.45) is 0 Å². The second-order valence-corrected chi connectivity index (χ2v) is 7.28. The Morgan fingerprint density at radius 1 is 1.09 bits per heavy atom. The molecule has 0 aromatic rings. The van der Waals surface area contributed by atoms with Gasteiger partial charge in [-0.3, -0.25) is 9.80 Å². The fourth-order valence-corrected chi connectivity index (χ4v) is 3.50. The molecule has 2 fully saturated rings. The Bertz CT molecular complexity index is 306. The van der Waals surface area contributed by atoms with Crippen molar-refractivity contribution in [1.82, 2.24) is 14.7 Å². The molecule has 2 saturated heterocycles. The molecule has 2 unspecified atom stereocenters. The smallest absolute Gasteiger partial charge is 0.0900 e. The first kappa shape index (κ1) is 18.1. The number of nitrogens with zero attached hydrogens (tertiary/aromatic N) is 3. The van der Waals surface area contributed by atoms with Gasteiger partial charge in [-0.1, -0.05) is 6.42 Å². The van der Waals surface area contributed by atoms with Gasteiger partial charge in [0.15, 0.2) is 0 Å². The summed E-state index contributed by atoms with van der Waals surface area (Å²) in [6.07, 6.45) is 3.69. The SMILES string of the molecule is CC(C)OCC(O)CN1CCCCC(N2CCN(C)CC2)C1. The molecule has 0 radical (unpaired) electrons. The molecule has 0 aromatic carbocycles. The van der Waals surface area contributed by atoms with Crippen LogP contribution >= 0.6 is 0 Å². The van der Waals surface area contributed by atoms with E-state index in [1.165, 1.54) is 45.4 Å². The minimum Gasteiger partial charge on any atom is -0.389 e. The van der Waals surface area contributed by atoms with Gasteiger partial charge in [-0.15, -0.1) is 0 Å². The molecule has 2 atom stereocenters. The molecule has 1 N–H and O–H groups in total. The molecule has 0 aromatic heterocycles. The predicted molar refractivity (Wildman–Crippen MR) is 90.2 cm³/mol. The molecule has 0 aliphatic carbocycles. The van der Waals surface area contributed by atoms with Crippen molar-refractivity contribution in [3.05, 3.63) is 0 Å². The van der Waals surface area contributed by atoms with Crippen LogP contribution < -0.4 is 0 Å². The van der Waals surface area contributed by atoms with E-state index in [1.54, 1.807) is 0 Å². The van der Waals surface area contributed by atoms with Crippen LogP contribution in [0.15, 0.2) is 0 Å². The van der Waals surface area contributed by atoms with E-state index in [0.717, 1.165) is 19.6 Å². The lowest BCUT2D eigenvalue weighted by atomic mass is 10.1. The van der Waals surface area contributed by atoms with Gasteiger partial charge in [0.05, 0.1) is 18.8 Å². The van der Waals surface area contributed by atoms with Crippen molar-refractivity contribution in [2.45, 2.75) is 51.4 Å². The molecule has 0 bridgehead atoms. The Balaban J connectivity index is 1.79. The fraction of sp³-hybridized carbons (Fsp3) is 1.00. The van der Waals surface area contributed by atoms with E-state index >= 15 is 0 Å². The topological polar surface area (TPSA) is 39.2 Å². The molecule has 0 amide bonds. The molecule has 22 heavy (non-hydrogen) atoms. The van der Waals surface area contributed by atoms with Gasteiger partial charge in [0.2, 0.25) is 0 Å². The lowest BCUT2D eigenvalue weighted by Crippen LogP contribution is -2.52. The van der Waals surface area contributed by atoms with Crippen LogP contribution in [0.3, 0.4) is 0 Å². The number of hydrogen-bond acceptors (Lipinski definition) is 5. The van der Waals surface area contributed by atoms with Crippen molar-refractivity contribution in [3.8, 4) is 0 Å². The van der Waals surface area contributed by atoms with Gasteiger partial charge < -0.3 is 14.7 Å². The quantitative estimate of drug-likeness (QED) is 0.788. The number of ether oxygens (including phenoxy) is 1. The third-order valence-electron chi connectivity index (χ3n) is 4.88. The van der Waals surface area contributed by atoms with E-state index < -0.39 is 0 Å². The summed E-state index contributed by atoms with van der Waals surface area (Å²) in [5, 5.41) is 10.2. The lowest BCUT2D eigenvalue weighted by molar-refractivity contribution is -0.0116. The number of β-amino-alcohol motifs (C(OH)–C–C–N with tert-alkyl or cyclic N) is 1. The fourth-order valence-electron chi connectivity index (χ4n) is 3.50. The average Bonchev–Trinajstić information content (AvgIpc) is 2.71. The summed E-state index contributed by atoms with van der Waals surface area (Å²) in [7, 11) is 2.21. The zero-order valence-electron chi connectivity index (χ0n) is 14.7. The van der Waals surface area contributed by atoms with E-state index in [4.69, 9.17) is 4.74 Å². The summed E-state index contributed by atoms with van der Waals surface area (Å²) < 4.78 is 5.54. The van der Waals surface area contributed by atoms with E-state index in [9.17, 15) is 5.11 Å². The summed E-state index contributed by atoms with van der Waals surface area (Å²) >= 11 is 0. The van der Waals surface area contributed by atoms with Crippen LogP contribution in [-0.2, 0) is 4.74 Å². The second kappa shape index (κ2) is 9.18. The minimum atomic E-state index is -0.367. The van der Waals surface area contributed by atoms with Crippen molar-refractivity contribution < 1.29 is 9.84 Å². The molecular weight excluding hydrogens is 278 g/mol. The molecule has 2 rings (SSSR count). The Morgan fingerprint density at radius 2 is 1.82 bits per heavy atom. The molecule has 2 heterocycles. The van der Waals surface area contributed by atoms with Gasteiger partial charge in [-0.25, -0.2) is 0 Å². The van der Waals surface area contributed by atoms with Crippen LogP contribution in [0.4, 0.5) is 0 Å². The zero-order chi connectivity index (χ0) is 15.9. The number of aliphatic hydroxyl groups is 1. The molecule has 0 spiro atoms. The van der Waals surface area contributed by atoms with Gasteiger partial charge in [-0.05, 0) is 40.3 Å². The van der Waals surface area contributed by atoms with Crippen molar-refractivity contribution in [1.29, 1.82) is 0 Å². The van der Waals surface area contributed by atoms with Crippen molar-refractivity contribution in [2.75, 3.05) is 59.5 Å². The highest BCUT2D eigenvalue weighted by Crippen LogP contribution is 2.17. The first-order valence-corrected chi connectivity index (χ1v) is 8.99. The Hall–Kier alpha value is -0.200. The van der Waals surface area contributed by atoms with Crippen molar-refractivity contribution in [3.63, 3.8) is 0 Å². The molecule has 5 heteroatoms. The normalized spacial score (nSPS) is 28.0. The average molecular weight is 313 g/mol. The van der Waals surface area contributed by atoms with E-state index in [2.05, 4.69) is 21.7 Å². The standard InChI is InChI=1S/C17H35N3O2/c1-15(2)22-14-17(21)13-19-7-5-4-6-16(12-19)20-10-8-18(3)9-11-20/h15-17,21H,4-14H2,1-3H3. The van der Waals surface area contributed by atoms with Crippen LogP contribution in [0.1, 0.15) is 33.1 Å². The van der Waals surface area contributed by atoms with Gasteiger partial charge >= 0.3 is 0 Å². The summed E-state index contributed by atoms with van der Waals surface area (Å²) in [6.45, 7) is 12.2. The monoisotopic (exact) mass is 313 g/mol. The van der Waals surface area contributed by atoms with Crippen molar-refractivity contribution >= 4 is 0 Å². The molecular formula is C17H35N3O2. The van der Waals surface area contributed by atoms with Gasteiger partial charge in [0, 0.05) is 45.3 Å². The van der Waals surface area contributed by atoms with Gasteiger partial charge in [-0.2, -0.15) is 0 Å². The molecule has 130 valence electrons. The maximum Gasteiger partial charge on any atom is 0.0900 e. The second-order valence-electron chi connectivity index (χ2n) is 7.28. The maximum absolute atomic E-state index is 10.2. The predicted octanol–water partition coefficient (Wildman–Crippen LogP) is 0.874. The molecule has 2 aliphatic rings. The van der Waals surface area contributed by atoms with E-state index in [0.29, 0.717) is 12.6 Å². The van der Waals surface area contributed by atoms with Crippen LogP contribution in [0.25, 0.3) is 0 Å². The zero-order valence-corrected chi connectivity index (χ0v) is 14.7. The number of rotatable bonds is 6. The Morgan fingerprint density at radius 3 is 2.50 bits per heavy atom. The van der Waals surface area contributed by atoms with Gasteiger partial charge in [0.25, 0.3) is 0 Å². The first-order chi connectivity index (χ1) is 10.5. The number of likely N-dealkylation sites (N-methyl/N-ethyl adjacent to an activating group) is 1. The Labute approximate surface area is 136 Å². The minimum absolute atomic E-state index is 0.192. The van der Waals surface area contributed by atoms with E-state index in [1.807, 2.05) is 13.8 Å². The van der Waals surface area contributed by atoms with E-state index in [-0.39, 0.29) is 12.2 Å². The lowest BCUT2D eigenvalue weighted by Gasteiger charge is -2.39. The van der Waals surface area contributed by atoms with Crippen LogP contribution in [0, 0.1) is 0 Å². The highest BCUT2D eigenvalue weighted by Gasteiger charge is 2.26. The maximum atomic E-state index is 10.2.